The van der Waals surface area contributed by atoms with E-state index in [0.29, 0.717) is 11.9 Å². The molecule has 0 saturated heterocycles. The van der Waals surface area contributed by atoms with Crippen molar-refractivity contribution >= 4 is 17.0 Å². The number of nitrogens with one attached hydrogen (secondary N) is 1. The van der Waals surface area contributed by atoms with Crippen LogP contribution in [0.5, 0.6) is 0 Å². The van der Waals surface area contributed by atoms with Crippen LogP contribution in [-0.4, -0.2) is 4.98 Å². The summed E-state index contributed by atoms with van der Waals surface area (Å²) in [5.74, 6) is 0.689. The molecule has 3 nitrogen and oxygen atoms in total. The summed E-state index contributed by atoms with van der Waals surface area (Å²) in [6.45, 7) is 6.19. The first-order valence-electron chi connectivity index (χ1n) is 6.96. The SMILES string of the molecule is Cc1nc(-c2ccc(NC(C)c3sccc3C)cc2)co1. The lowest BCUT2D eigenvalue weighted by atomic mass is 10.1. The summed E-state index contributed by atoms with van der Waals surface area (Å²) in [7, 11) is 0. The maximum Gasteiger partial charge on any atom is 0.191 e. The molecular formula is C17H18N2OS. The Balaban J connectivity index is 1.74. The van der Waals surface area contributed by atoms with Gasteiger partial charge >= 0.3 is 0 Å². The molecule has 0 fully saturated rings. The maximum atomic E-state index is 5.25. The van der Waals surface area contributed by atoms with Crippen molar-refractivity contribution in [3.8, 4) is 11.3 Å². The molecule has 2 heterocycles. The molecule has 0 spiro atoms. The van der Waals surface area contributed by atoms with Crippen molar-refractivity contribution in [2.75, 3.05) is 5.32 Å². The third-order valence-corrected chi connectivity index (χ3v) is 4.68. The second-order valence-electron chi connectivity index (χ2n) is 5.16. The van der Waals surface area contributed by atoms with Gasteiger partial charge in [0.25, 0.3) is 0 Å². The molecule has 0 aliphatic heterocycles. The largest absolute Gasteiger partial charge is 0.449 e. The zero-order chi connectivity index (χ0) is 14.8. The lowest BCUT2D eigenvalue weighted by molar-refractivity contribution is 0.521. The Labute approximate surface area is 128 Å². The van der Waals surface area contributed by atoms with Crippen LogP contribution in [0.3, 0.4) is 0 Å². The van der Waals surface area contributed by atoms with Gasteiger partial charge in [0.2, 0.25) is 0 Å². The quantitative estimate of drug-likeness (QED) is 0.720. The molecule has 0 radical (unpaired) electrons. The number of aromatic nitrogens is 1. The normalized spacial score (nSPS) is 12.3. The zero-order valence-electron chi connectivity index (χ0n) is 12.4. The van der Waals surface area contributed by atoms with Crippen molar-refractivity contribution < 1.29 is 4.42 Å². The Morgan fingerprint density at radius 3 is 2.48 bits per heavy atom. The first-order chi connectivity index (χ1) is 10.1. The van der Waals surface area contributed by atoms with Crippen LogP contribution in [0.1, 0.15) is 29.3 Å². The number of nitrogens with zero attached hydrogens (tertiary/aromatic N) is 1. The van der Waals surface area contributed by atoms with E-state index in [0.717, 1.165) is 16.9 Å². The van der Waals surface area contributed by atoms with Gasteiger partial charge in [-0.2, -0.15) is 0 Å². The highest BCUT2D eigenvalue weighted by Gasteiger charge is 2.10. The van der Waals surface area contributed by atoms with Crippen LogP contribution in [-0.2, 0) is 0 Å². The molecule has 1 atom stereocenters. The number of hydrogen-bond acceptors (Lipinski definition) is 4. The molecule has 3 aromatic rings. The molecule has 2 aromatic heterocycles. The molecule has 1 unspecified atom stereocenters. The van der Waals surface area contributed by atoms with Gasteiger partial charge in [-0.25, -0.2) is 4.98 Å². The van der Waals surface area contributed by atoms with Gasteiger partial charge in [-0.1, -0.05) is 12.1 Å². The van der Waals surface area contributed by atoms with Gasteiger partial charge in [-0.3, -0.25) is 0 Å². The number of aryl methyl sites for hydroxylation is 2. The van der Waals surface area contributed by atoms with Crippen LogP contribution in [0, 0.1) is 13.8 Å². The molecule has 0 aliphatic carbocycles. The topological polar surface area (TPSA) is 38.1 Å². The van der Waals surface area contributed by atoms with E-state index in [1.54, 1.807) is 17.6 Å². The van der Waals surface area contributed by atoms with Crippen LogP contribution in [0.15, 0.2) is 46.4 Å². The monoisotopic (exact) mass is 298 g/mol. The van der Waals surface area contributed by atoms with E-state index in [2.05, 4.69) is 59.9 Å². The minimum absolute atomic E-state index is 0.310. The number of anilines is 1. The molecule has 108 valence electrons. The standard InChI is InChI=1S/C17H18N2OS/c1-11-8-9-21-17(11)12(2)18-15-6-4-14(5-7-15)16-10-20-13(3)19-16/h4-10,12,18H,1-3H3. The smallest absolute Gasteiger partial charge is 0.191 e. The van der Waals surface area contributed by atoms with Crippen LogP contribution in [0.2, 0.25) is 0 Å². The Morgan fingerprint density at radius 2 is 1.90 bits per heavy atom. The summed E-state index contributed by atoms with van der Waals surface area (Å²) in [5.41, 5.74) is 4.40. The first-order valence-corrected chi connectivity index (χ1v) is 7.84. The van der Waals surface area contributed by atoms with Gasteiger partial charge in [-0.05, 0) is 43.0 Å². The van der Waals surface area contributed by atoms with Crippen molar-refractivity contribution in [1.82, 2.24) is 4.98 Å². The molecule has 1 aromatic carbocycles. The fourth-order valence-electron chi connectivity index (χ4n) is 2.38. The van der Waals surface area contributed by atoms with E-state index in [4.69, 9.17) is 4.42 Å². The Bertz CT molecular complexity index is 727. The molecule has 0 amide bonds. The maximum absolute atomic E-state index is 5.25. The van der Waals surface area contributed by atoms with Gasteiger partial charge in [0, 0.05) is 23.1 Å². The van der Waals surface area contributed by atoms with Crippen molar-refractivity contribution in [1.29, 1.82) is 0 Å². The minimum Gasteiger partial charge on any atom is -0.449 e. The summed E-state index contributed by atoms with van der Waals surface area (Å²) < 4.78 is 5.25. The van der Waals surface area contributed by atoms with Crippen molar-refractivity contribution in [3.63, 3.8) is 0 Å². The highest BCUT2D eigenvalue weighted by atomic mass is 32.1. The van der Waals surface area contributed by atoms with Gasteiger partial charge < -0.3 is 9.73 Å². The number of hydrogen-bond donors (Lipinski definition) is 1. The van der Waals surface area contributed by atoms with E-state index < -0.39 is 0 Å². The predicted molar refractivity (Wildman–Crippen MR) is 87.8 cm³/mol. The zero-order valence-corrected chi connectivity index (χ0v) is 13.2. The molecular weight excluding hydrogens is 280 g/mol. The van der Waals surface area contributed by atoms with Crippen LogP contribution in [0.25, 0.3) is 11.3 Å². The van der Waals surface area contributed by atoms with Gasteiger partial charge in [-0.15, -0.1) is 11.3 Å². The Morgan fingerprint density at radius 1 is 1.14 bits per heavy atom. The van der Waals surface area contributed by atoms with Crippen molar-refractivity contribution in [3.05, 3.63) is 58.3 Å². The average Bonchev–Trinajstić information content (AvgIpc) is 3.08. The molecule has 0 bridgehead atoms. The number of benzene rings is 1. The second kappa shape index (κ2) is 5.74. The molecule has 4 heteroatoms. The highest BCUT2D eigenvalue weighted by Crippen LogP contribution is 2.28. The molecule has 0 saturated carbocycles. The second-order valence-corrected chi connectivity index (χ2v) is 6.11. The Hall–Kier alpha value is -2.07. The van der Waals surface area contributed by atoms with E-state index in [9.17, 15) is 0 Å². The van der Waals surface area contributed by atoms with E-state index in [1.807, 2.05) is 6.92 Å². The van der Waals surface area contributed by atoms with E-state index >= 15 is 0 Å². The number of rotatable bonds is 4. The fourth-order valence-corrected chi connectivity index (χ4v) is 3.31. The molecule has 3 rings (SSSR count). The third-order valence-electron chi connectivity index (χ3n) is 3.48. The van der Waals surface area contributed by atoms with Crippen LogP contribution in [0.4, 0.5) is 5.69 Å². The summed E-state index contributed by atoms with van der Waals surface area (Å²) in [4.78, 5) is 5.72. The van der Waals surface area contributed by atoms with Gasteiger partial charge in [0.05, 0.1) is 6.04 Å². The first kappa shape index (κ1) is 13.9. The van der Waals surface area contributed by atoms with Crippen LogP contribution >= 0.6 is 11.3 Å². The van der Waals surface area contributed by atoms with Crippen molar-refractivity contribution in [2.45, 2.75) is 26.8 Å². The summed E-state index contributed by atoms with van der Waals surface area (Å²) in [5, 5.41) is 5.67. The minimum atomic E-state index is 0.310. The molecule has 0 aliphatic rings. The highest BCUT2D eigenvalue weighted by molar-refractivity contribution is 7.10. The summed E-state index contributed by atoms with van der Waals surface area (Å²) >= 11 is 1.79. The van der Waals surface area contributed by atoms with E-state index in [-0.39, 0.29) is 0 Å². The lowest BCUT2D eigenvalue weighted by Gasteiger charge is -2.15. The number of thiophene rings is 1. The Kier molecular flexibility index (Phi) is 3.80. The summed E-state index contributed by atoms with van der Waals surface area (Å²) in [6.07, 6.45) is 1.69. The lowest BCUT2D eigenvalue weighted by Crippen LogP contribution is -2.05. The van der Waals surface area contributed by atoms with Gasteiger partial charge in [0.1, 0.15) is 12.0 Å². The molecule has 21 heavy (non-hydrogen) atoms. The predicted octanol–water partition coefficient (Wildman–Crippen LogP) is 5.19. The van der Waals surface area contributed by atoms with Crippen molar-refractivity contribution in [2.24, 2.45) is 0 Å². The molecule has 1 N–H and O–H groups in total. The number of oxazole rings is 1. The fraction of sp³-hybridized carbons (Fsp3) is 0.235. The third kappa shape index (κ3) is 3.00. The van der Waals surface area contributed by atoms with Crippen LogP contribution < -0.4 is 5.32 Å². The average molecular weight is 298 g/mol. The van der Waals surface area contributed by atoms with Gasteiger partial charge in [0.15, 0.2) is 5.89 Å². The summed E-state index contributed by atoms with van der Waals surface area (Å²) in [6, 6.07) is 10.8. The van der Waals surface area contributed by atoms with E-state index in [1.165, 1.54) is 10.4 Å².